The van der Waals surface area contributed by atoms with Crippen LogP contribution < -0.4 is 9.80 Å². The number of aromatic hydroxyl groups is 1. The molecule has 1 N–H and O–H groups in total. The highest BCUT2D eigenvalue weighted by Gasteiger charge is 2.59. The Balaban J connectivity index is 1.80. The minimum atomic E-state index is -0.857. The quantitative estimate of drug-likeness (QED) is 0.801. The lowest BCUT2D eigenvalue weighted by molar-refractivity contribution is -0.143. The van der Waals surface area contributed by atoms with Gasteiger partial charge in [-0.3, -0.25) is 19.3 Å². The number of fused-ring (bicyclic) bond motifs is 1. The SMILES string of the molecule is CCCN1C(=O)C2ON(c3ccccc3)C(c3ccc(O)c(OC)c3)C2C1=O. The number of phenols is 1. The van der Waals surface area contributed by atoms with Crippen LogP contribution in [0.1, 0.15) is 24.9 Å². The lowest BCUT2D eigenvalue weighted by Gasteiger charge is -2.29. The second kappa shape index (κ2) is 7.16. The molecule has 2 heterocycles. The number of hydroxylamine groups is 1. The summed E-state index contributed by atoms with van der Waals surface area (Å²) < 4.78 is 5.23. The van der Waals surface area contributed by atoms with Crippen LogP contribution in [0.5, 0.6) is 11.5 Å². The van der Waals surface area contributed by atoms with Crippen molar-refractivity contribution < 1.29 is 24.3 Å². The molecule has 2 fully saturated rings. The summed E-state index contributed by atoms with van der Waals surface area (Å²) >= 11 is 0. The Morgan fingerprint density at radius 2 is 1.86 bits per heavy atom. The fourth-order valence-electron chi connectivity index (χ4n) is 3.93. The van der Waals surface area contributed by atoms with Gasteiger partial charge in [-0.2, -0.15) is 0 Å². The first-order chi connectivity index (χ1) is 13.6. The largest absolute Gasteiger partial charge is 0.504 e. The number of phenolic OH excluding ortho intramolecular Hbond substituents is 1. The van der Waals surface area contributed by atoms with E-state index in [-0.39, 0.29) is 17.6 Å². The molecule has 2 aliphatic rings. The first kappa shape index (κ1) is 18.3. The van der Waals surface area contributed by atoms with Crippen molar-refractivity contribution in [1.29, 1.82) is 0 Å². The van der Waals surface area contributed by atoms with Crippen LogP contribution >= 0.6 is 0 Å². The monoisotopic (exact) mass is 382 g/mol. The molecule has 0 spiro atoms. The van der Waals surface area contributed by atoms with Gasteiger partial charge in [0.25, 0.3) is 5.91 Å². The number of methoxy groups -OCH3 is 1. The van der Waals surface area contributed by atoms with Crippen molar-refractivity contribution in [2.45, 2.75) is 25.5 Å². The van der Waals surface area contributed by atoms with E-state index in [0.717, 1.165) is 11.3 Å². The van der Waals surface area contributed by atoms with E-state index in [1.807, 2.05) is 37.3 Å². The first-order valence-electron chi connectivity index (χ1n) is 9.30. The summed E-state index contributed by atoms with van der Waals surface area (Å²) in [6.07, 6.45) is -0.166. The molecular weight excluding hydrogens is 360 g/mol. The molecule has 28 heavy (non-hydrogen) atoms. The van der Waals surface area contributed by atoms with Gasteiger partial charge in [-0.15, -0.1) is 0 Å². The van der Waals surface area contributed by atoms with Gasteiger partial charge in [-0.25, -0.2) is 5.06 Å². The third kappa shape index (κ3) is 2.79. The van der Waals surface area contributed by atoms with Gasteiger partial charge in [0, 0.05) is 6.54 Å². The number of anilines is 1. The summed E-state index contributed by atoms with van der Waals surface area (Å²) in [5.41, 5.74) is 1.47. The maximum atomic E-state index is 13.1. The Hall–Kier alpha value is -3.06. The van der Waals surface area contributed by atoms with Crippen LogP contribution in [-0.4, -0.2) is 41.6 Å². The van der Waals surface area contributed by atoms with Crippen LogP contribution in [0.4, 0.5) is 5.69 Å². The van der Waals surface area contributed by atoms with Crippen LogP contribution in [-0.2, 0) is 14.4 Å². The Labute approximate surface area is 163 Å². The zero-order valence-electron chi connectivity index (χ0n) is 15.7. The molecule has 0 aromatic heterocycles. The highest BCUT2D eigenvalue weighted by atomic mass is 16.7. The van der Waals surface area contributed by atoms with Crippen LogP contribution in [0.3, 0.4) is 0 Å². The Kier molecular flexibility index (Phi) is 4.68. The second-order valence-corrected chi connectivity index (χ2v) is 6.92. The van der Waals surface area contributed by atoms with Gasteiger partial charge in [0.2, 0.25) is 5.91 Å². The average Bonchev–Trinajstić information content (AvgIpc) is 3.21. The minimum absolute atomic E-state index is 0.00871. The maximum absolute atomic E-state index is 13.1. The molecule has 0 bridgehead atoms. The van der Waals surface area contributed by atoms with Crippen molar-refractivity contribution in [1.82, 2.24) is 4.90 Å². The van der Waals surface area contributed by atoms with Crippen molar-refractivity contribution in [3.8, 4) is 11.5 Å². The fourth-order valence-corrected chi connectivity index (χ4v) is 3.93. The summed E-state index contributed by atoms with van der Waals surface area (Å²) in [6, 6.07) is 13.8. The number of likely N-dealkylation sites (tertiary alicyclic amines) is 1. The molecule has 2 aliphatic heterocycles. The predicted octanol–water partition coefficient (Wildman–Crippen LogP) is 2.66. The number of amides is 2. The van der Waals surface area contributed by atoms with Crippen molar-refractivity contribution in [2.75, 3.05) is 18.7 Å². The molecule has 0 radical (unpaired) electrons. The zero-order valence-corrected chi connectivity index (χ0v) is 15.7. The molecule has 146 valence electrons. The summed E-state index contributed by atoms with van der Waals surface area (Å²) in [7, 11) is 1.47. The number of hydrogen-bond donors (Lipinski definition) is 1. The number of hydrogen-bond acceptors (Lipinski definition) is 6. The van der Waals surface area contributed by atoms with Crippen molar-refractivity contribution in [3.05, 3.63) is 54.1 Å². The number of rotatable bonds is 5. The van der Waals surface area contributed by atoms with Gasteiger partial charge in [-0.05, 0) is 36.2 Å². The Bertz CT molecular complexity index is 901. The molecule has 7 nitrogen and oxygen atoms in total. The third-order valence-corrected chi connectivity index (χ3v) is 5.21. The number of benzene rings is 2. The highest BCUT2D eigenvalue weighted by Crippen LogP contribution is 2.47. The summed E-state index contributed by atoms with van der Waals surface area (Å²) in [6.45, 7) is 2.30. The normalized spacial score (nSPS) is 24.0. The van der Waals surface area contributed by atoms with Crippen molar-refractivity contribution >= 4 is 17.5 Å². The molecule has 2 aromatic carbocycles. The summed E-state index contributed by atoms with van der Waals surface area (Å²) in [4.78, 5) is 33.2. The van der Waals surface area contributed by atoms with Crippen LogP contribution in [0, 0.1) is 5.92 Å². The second-order valence-electron chi connectivity index (χ2n) is 6.92. The molecule has 3 unspecified atom stereocenters. The van der Waals surface area contributed by atoms with Crippen molar-refractivity contribution in [3.63, 3.8) is 0 Å². The van der Waals surface area contributed by atoms with Crippen LogP contribution in [0.25, 0.3) is 0 Å². The number of carbonyl (C=O) groups excluding carboxylic acids is 2. The fraction of sp³-hybridized carbons (Fsp3) is 0.333. The van der Waals surface area contributed by atoms with Crippen LogP contribution in [0.2, 0.25) is 0 Å². The van der Waals surface area contributed by atoms with E-state index in [2.05, 4.69) is 0 Å². The number of imide groups is 1. The lowest BCUT2D eigenvalue weighted by Crippen LogP contribution is -2.37. The average molecular weight is 382 g/mol. The van der Waals surface area contributed by atoms with E-state index in [0.29, 0.717) is 18.7 Å². The zero-order chi connectivity index (χ0) is 19.8. The van der Waals surface area contributed by atoms with Crippen LogP contribution in [0.15, 0.2) is 48.5 Å². The topological polar surface area (TPSA) is 79.3 Å². The van der Waals surface area contributed by atoms with Gasteiger partial charge in [0.05, 0.1) is 18.8 Å². The molecule has 7 heteroatoms. The van der Waals surface area contributed by atoms with E-state index >= 15 is 0 Å². The van der Waals surface area contributed by atoms with Gasteiger partial charge in [0.1, 0.15) is 5.92 Å². The standard InChI is InChI=1S/C21H22N2O5/c1-3-11-22-20(25)17-18(13-9-10-15(24)16(12-13)27-2)23(28-19(17)21(22)26)14-7-5-4-6-8-14/h4-10,12,17-19,24H,3,11H2,1-2H3. The molecule has 2 saturated heterocycles. The Morgan fingerprint density at radius 1 is 1.11 bits per heavy atom. The summed E-state index contributed by atoms with van der Waals surface area (Å²) in [5.74, 6) is -0.877. The molecule has 3 atom stereocenters. The van der Waals surface area contributed by atoms with Gasteiger partial charge in [-0.1, -0.05) is 31.2 Å². The molecular formula is C21H22N2O5. The number of para-hydroxylation sites is 1. The summed E-state index contributed by atoms with van der Waals surface area (Å²) in [5, 5.41) is 11.6. The van der Waals surface area contributed by atoms with Crippen molar-refractivity contribution in [2.24, 2.45) is 5.92 Å². The van der Waals surface area contributed by atoms with E-state index in [1.165, 1.54) is 18.1 Å². The van der Waals surface area contributed by atoms with E-state index in [4.69, 9.17) is 9.57 Å². The molecule has 2 aromatic rings. The maximum Gasteiger partial charge on any atom is 0.261 e. The Morgan fingerprint density at radius 3 is 2.54 bits per heavy atom. The number of carbonyl (C=O) groups is 2. The molecule has 0 saturated carbocycles. The van der Waals surface area contributed by atoms with Gasteiger partial charge < -0.3 is 9.84 Å². The number of nitrogens with zero attached hydrogens (tertiary/aromatic N) is 2. The third-order valence-electron chi connectivity index (χ3n) is 5.21. The minimum Gasteiger partial charge on any atom is -0.504 e. The van der Waals surface area contributed by atoms with Gasteiger partial charge >= 0.3 is 0 Å². The highest BCUT2D eigenvalue weighted by molar-refractivity contribution is 6.07. The molecule has 4 rings (SSSR count). The lowest BCUT2D eigenvalue weighted by atomic mass is 9.90. The molecule has 0 aliphatic carbocycles. The van der Waals surface area contributed by atoms with E-state index < -0.39 is 18.1 Å². The molecule has 2 amide bonds. The van der Waals surface area contributed by atoms with Gasteiger partial charge in [0.15, 0.2) is 17.6 Å². The number of ether oxygens (including phenoxy) is 1. The first-order valence-corrected chi connectivity index (χ1v) is 9.30. The smallest absolute Gasteiger partial charge is 0.261 e. The predicted molar refractivity (Wildman–Crippen MR) is 102 cm³/mol. The van der Waals surface area contributed by atoms with E-state index in [9.17, 15) is 14.7 Å². The van der Waals surface area contributed by atoms with E-state index in [1.54, 1.807) is 17.2 Å².